The van der Waals surface area contributed by atoms with Gasteiger partial charge in [-0.2, -0.15) is 0 Å². The number of benzene rings is 2. The predicted molar refractivity (Wildman–Crippen MR) is 78.6 cm³/mol. The van der Waals surface area contributed by atoms with Crippen LogP contribution in [0.1, 0.15) is 18.1 Å². The zero-order valence-electron chi connectivity index (χ0n) is 11.1. The van der Waals surface area contributed by atoms with Gasteiger partial charge in [0.25, 0.3) is 0 Å². The van der Waals surface area contributed by atoms with Crippen LogP contribution < -0.4 is 11.1 Å². The van der Waals surface area contributed by atoms with E-state index < -0.39 is 5.72 Å². The minimum Gasteiger partial charge on any atom is -0.399 e. The van der Waals surface area contributed by atoms with Gasteiger partial charge in [-0.1, -0.05) is 42.5 Å². The van der Waals surface area contributed by atoms with Gasteiger partial charge in [0.15, 0.2) is 0 Å². The maximum absolute atomic E-state index is 10.4. The highest BCUT2D eigenvalue weighted by molar-refractivity contribution is 5.39. The number of rotatable bonds is 5. The molecule has 2 aromatic rings. The van der Waals surface area contributed by atoms with E-state index in [0.29, 0.717) is 6.54 Å². The molecule has 2 rings (SSSR count). The molecule has 0 aromatic heterocycles. The second-order valence-corrected chi connectivity index (χ2v) is 4.86. The van der Waals surface area contributed by atoms with Crippen molar-refractivity contribution in [1.29, 1.82) is 0 Å². The molecule has 100 valence electrons. The lowest BCUT2D eigenvalue weighted by atomic mass is 10.0. The van der Waals surface area contributed by atoms with E-state index in [-0.39, 0.29) is 0 Å². The summed E-state index contributed by atoms with van der Waals surface area (Å²) in [6.07, 6.45) is 0.850. The Labute approximate surface area is 114 Å². The summed E-state index contributed by atoms with van der Waals surface area (Å²) in [7, 11) is 0. The number of anilines is 1. The molecule has 0 aliphatic rings. The van der Waals surface area contributed by atoms with E-state index >= 15 is 0 Å². The molecule has 1 atom stereocenters. The van der Waals surface area contributed by atoms with Crippen LogP contribution in [0.3, 0.4) is 0 Å². The number of hydrogen-bond donors (Lipinski definition) is 3. The Morgan fingerprint density at radius 1 is 1.05 bits per heavy atom. The van der Waals surface area contributed by atoms with E-state index in [1.54, 1.807) is 6.92 Å². The standard InChI is InChI=1S/C16H20N2O/c1-16(19,14-5-3-2-4-6-14)18-12-11-13-7-9-15(17)10-8-13/h2-10,18-19H,11-12,17H2,1H3. The summed E-state index contributed by atoms with van der Waals surface area (Å²) >= 11 is 0. The summed E-state index contributed by atoms with van der Waals surface area (Å²) in [6, 6.07) is 17.4. The smallest absolute Gasteiger partial charge is 0.139 e. The Kier molecular flexibility index (Phi) is 4.20. The lowest BCUT2D eigenvalue weighted by Gasteiger charge is -2.25. The highest BCUT2D eigenvalue weighted by Crippen LogP contribution is 2.16. The van der Waals surface area contributed by atoms with Crippen LogP contribution in [-0.4, -0.2) is 11.7 Å². The average molecular weight is 256 g/mol. The highest BCUT2D eigenvalue weighted by atomic mass is 16.3. The number of nitrogens with two attached hydrogens (primary N) is 1. The van der Waals surface area contributed by atoms with Crippen LogP contribution in [0.4, 0.5) is 5.69 Å². The van der Waals surface area contributed by atoms with Crippen molar-refractivity contribution >= 4 is 5.69 Å². The summed E-state index contributed by atoms with van der Waals surface area (Å²) in [5, 5.41) is 13.5. The van der Waals surface area contributed by atoms with Crippen molar-refractivity contribution in [3.8, 4) is 0 Å². The van der Waals surface area contributed by atoms with Crippen molar-refractivity contribution < 1.29 is 5.11 Å². The molecule has 0 saturated carbocycles. The van der Waals surface area contributed by atoms with Crippen molar-refractivity contribution in [3.05, 3.63) is 65.7 Å². The molecule has 19 heavy (non-hydrogen) atoms. The van der Waals surface area contributed by atoms with E-state index in [4.69, 9.17) is 5.73 Å². The summed E-state index contributed by atoms with van der Waals surface area (Å²) in [5.41, 5.74) is 7.48. The van der Waals surface area contributed by atoms with Gasteiger partial charge in [-0.3, -0.25) is 5.32 Å². The third-order valence-electron chi connectivity index (χ3n) is 3.20. The minimum atomic E-state index is -1.00. The van der Waals surface area contributed by atoms with Gasteiger partial charge in [-0.15, -0.1) is 0 Å². The number of nitrogen functional groups attached to an aromatic ring is 1. The molecule has 0 radical (unpaired) electrons. The highest BCUT2D eigenvalue weighted by Gasteiger charge is 2.21. The Hall–Kier alpha value is -1.84. The van der Waals surface area contributed by atoms with Gasteiger partial charge in [0.05, 0.1) is 0 Å². The van der Waals surface area contributed by atoms with E-state index in [1.807, 2.05) is 54.6 Å². The summed E-state index contributed by atoms with van der Waals surface area (Å²) in [6.45, 7) is 2.47. The fraction of sp³-hybridized carbons (Fsp3) is 0.250. The van der Waals surface area contributed by atoms with Crippen LogP contribution in [0.2, 0.25) is 0 Å². The van der Waals surface area contributed by atoms with Gasteiger partial charge in [-0.05, 0) is 36.6 Å². The van der Waals surface area contributed by atoms with Crippen LogP contribution in [0.25, 0.3) is 0 Å². The number of nitrogens with one attached hydrogen (secondary N) is 1. The molecule has 0 aliphatic heterocycles. The third-order valence-corrected chi connectivity index (χ3v) is 3.20. The predicted octanol–water partition coefficient (Wildman–Crippen LogP) is 2.27. The van der Waals surface area contributed by atoms with Gasteiger partial charge in [0, 0.05) is 12.2 Å². The largest absolute Gasteiger partial charge is 0.399 e. The minimum absolute atomic E-state index is 0.700. The molecule has 0 saturated heterocycles. The molecule has 1 unspecified atom stereocenters. The normalized spacial score (nSPS) is 14.0. The van der Waals surface area contributed by atoms with Crippen molar-refractivity contribution in [2.24, 2.45) is 0 Å². The van der Waals surface area contributed by atoms with E-state index in [1.165, 1.54) is 5.56 Å². The topological polar surface area (TPSA) is 58.3 Å². The van der Waals surface area contributed by atoms with Crippen molar-refractivity contribution in [3.63, 3.8) is 0 Å². The molecule has 0 aliphatic carbocycles. The van der Waals surface area contributed by atoms with Crippen LogP contribution in [0.5, 0.6) is 0 Å². The number of hydrogen-bond acceptors (Lipinski definition) is 3. The molecule has 2 aromatic carbocycles. The van der Waals surface area contributed by atoms with Crippen LogP contribution >= 0.6 is 0 Å². The first-order valence-electron chi connectivity index (χ1n) is 6.45. The first-order chi connectivity index (χ1) is 9.08. The second kappa shape index (κ2) is 5.87. The molecule has 0 heterocycles. The molecular weight excluding hydrogens is 236 g/mol. The van der Waals surface area contributed by atoms with Gasteiger partial charge in [-0.25, -0.2) is 0 Å². The zero-order valence-corrected chi connectivity index (χ0v) is 11.1. The van der Waals surface area contributed by atoms with Crippen LogP contribution in [0, 0.1) is 0 Å². The van der Waals surface area contributed by atoms with E-state index in [0.717, 1.165) is 17.7 Å². The second-order valence-electron chi connectivity index (χ2n) is 4.86. The summed E-state index contributed by atoms with van der Waals surface area (Å²) in [4.78, 5) is 0. The third kappa shape index (κ3) is 3.81. The van der Waals surface area contributed by atoms with Crippen molar-refractivity contribution in [2.75, 3.05) is 12.3 Å². The fourth-order valence-electron chi connectivity index (χ4n) is 2.00. The first-order valence-corrected chi connectivity index (χ1v) is 6.45. The quantitative estimate of drug-likeness (QED) is 0.568. The zero-order chi connectivity index (χ0) is 13.7. The van der Waals surface area contributed by atoms with E-state index in [9.17, 15) is 5.11 Å². The van der Waals surface area contributed by atoms with E-state index in [2.05, 4.69) is 5.32 Å². The molecule has 3 heteroatoms. The Morgan fingerprint density at radius 2 is 1.68 bits per heavy atom. The van der Waals surface area contributed by atoms with Gasteiger partial charge < -0.3 is 10.8 Å². The monoisotopic (exact) mass is 256 g/mol. The fourth-order valence-corrected chi connectivity index (χ4v) is 2.00. The molecule has 0 spiro atoms. The maximum atomic E-state index is 10.4. The van der Waals surface area contributed by atoms with Crippen LogP contribution in [0.15, 0.2) is 54.6 Å². The lowest BCUT2D eigenvalue weighted by molar-refractivity contribution is 0.0206. The molecule has 0 amide bonds. The Balaban J connectivity index is 1.90. The molecule has 0 bridgehead atoms. The van der Waals surface area contributed by atoms with Crippen LogP contribution in [-0.2, 0) is 12.1 Å². The number of aliphatic hydroxyl groups is 1. The molecule has 4 N–H and O–H groups in total. The molecule has 3 nitrogen and oxygen atoms in total. The van der Waals surface area contributed by atoms with Gasteiger partial charge >= 0.3 is 0 Å². The Morgan fingerprint density at radius 3 is 2.32 bits per heavy atom. The van der Waals surface area contributed by atoms with Gasteiger partial charge in [0.1, 0.15) is 5.72 Å². The van der Waals surface area contributed by atoms with Crippen molar-refractivity contribution in [2.45, 2.75) is 19.1 Å². The first kappa shape index (κ1) is 13.6. The van der Waals surface area contributed by atoms with Gasteiger partial charge in [0.2, 0.25) is 0 Å². The summed E-state index contributed by atoms with van der Waals surface area (Å²) in [5.74, 6) is 0. The molecule has 0 fully saturated rings. The van der Waals surface area contributed by atoms with Crippen molar-refractivity contribution in [1.82, 2.24) is 5.32 Å². The lowest BCUT2D eigenvalue weighted by Crippen LogP contribution is -2.40. The average Bonchev–Trinajstić information content (AvgIpc) is 2.42. The summed E-state index contributed by atoms with van der Waals surface area (Å²) < 4.78 is 0. The SMILES string of the molecule is CC(O)(NCCc1ccc(N)cc1)c1ccccc1. The maximum Gasteiger partial charge on any atom is 0.139 e. The Bertz CT molecular complexity index is 506. The molecular formula is C16H20N2O.